The van der Waals surface area contributed by atoms with Crippen molar-refractivity contribution in [1.82, 2.24) is 0 Å². The van der Waals surface area contributed by atoms with Gasteiger partial charge in [0.1, 0.15) is 6.29 Å². The fourth-order valence-corrected chi connectivity index (χ4v) is 8.48. The van der Waals surface area contributed by atoms with E-state index in [4.69, 9.17) is 8.85 Å². The Hall–Kier alpha value is 0.354. The minimum atomic E-state index is -1.56. The summed E-state index contributed by atoms with van der Waals surface area (Å²) in [6, 6.07) is 7.26. The molecule has 0 amide bonds. The highest BCUT2D eigenvalue weighted by Crippen LogP contribution is 2.30. The Labute approximate surface area is 129 Å². The molecule has 0 aliphatic rings. The Morgan fingerprint density at radius 2 is 0.900 bits per heavy atom. The van der Waals surface area contributed by atoms with Gasteiger partial charge in [-0.2, -0.15) is 0 Å². The van der Waals surface area contributed by atoms with Crippen LogP contribution in [0.3, 0.4) is 0 Å². The standard InChI is InChI=1S/C16H38O2Si2/c1-8-15-16(17-19(9-2,10-3)11-4)18-20(12-5,13-6)14-7/h16H,8-15H2,1-7H3. The first kappa shape index (κ1) is 20.4. The zero-order valence-electron chi connectivity index (χ0n) is 15.1. The Morgan fingerprint density at radius 1 is 0.600 bits per heavy atom. The molecule has 0 aromatic heterocycles. The van der Waals surface area contributed by atoms with Gasteiger partial charge in [0.15, 0.2) is 16.6 Å². The molecule has 0 atom stereocenters. The fourth-order valence-electron chi connectivity index (χ4n) is 2.94. The predicted octanol–water partition coefficient (Wildman–Crippen LogP) is 6.16. The van der Waals surface area contributed by atoms with Crippen LogP contribution >= 0.6 is 0 Å². The van der Waals surface area contributed by atoms with E-state index in [1.165, 1.54) is 36.3 Å². The Kier molecular flexibility index (Phi) is 10.3. The first-order valence-electron chi connectivity index (χ1n) is 8.86. The highest BCUT2D eigenvalue weighted by molar-refractivity contribution is 6.74. The largest absolute Gasteiger partial charge is 0.393 e. The number of hydrogen-bond donors (Lipinski definition) is 0. The Balaban J connectivity index is 4.95. The highest BCUT2D eigenvalue weighted by Gasteiger charge is 2.37. The molecule has 0 aliphatic carbocycles. The summed E-state index contributed by atoms with van der Waals surface area (Å²) in [5, 5.41) is 0. The van der Waals surface area contributed by atoms with Crippen LogP contribution in [0, 0.1) is 0 Å². The maximum atomic E-state index is 6.64. The minimum absolute atomic E-state index is 0.0676. The van der Waals surface area contributed by atoms with Crippen LogP contribution in [0.4, 0.5) is 0 Å². The summed E-state index contributed by atoms with van der Waals surface area (Å²) in [7, 11) is -3.12. The molecule has 0 saturated heterocycles. The van der Waals surface area contributed by atoms with Crippen LogP contribution in [0.5, 0.6) is 0 Å². The van der Waals surface area contributed by atoms with E-state index < -0.39 is 16.6 Å². The fraction of sp³-hybridized carbons (Fsp3) is 1.00. The van der Waals surface area contributed by atoms with Crippen LogP contribution < -0.4 is 0 Å². The molecule has 0 spiro atoms. The second-order valence-corrected chi connectivity index (χ2v) is 15.4. The topological polar surface area (TPSA) is 18.5 Å². The van der Waals surface area contributed by atoms with Crippen molar-refractivity contribution < 1.29 is 8.85 Å². The molecular weight excluding hydrogens is 280 g/mol. The summed E-state index contributed by atoms with van der Waals surface area (Å²) in [6.45, 7) is 16.0. The first-order chi connectivity index (χ1) is 9.50. The molecule has 2 nitrogen and oxygen atoms in total. The van der Waals surface area contributed by atoms with Gasteiger partial charge in [0.25, 0.3) is 0 Å². The monoisotopic (exact) mass is 318 g/mol. The molecule has 0 heterocycles. The van der Waals surface area contributed by atoms with Crippen LogP contribution in [0.1, 0.15) is 61.3 Å². The van der Waals surface area contributed by atoms with Gasteiger partial charge in [0.05, 0.1) is 0 Å². The second-order valence-electron chi connectivity index (χ2n) is 5.94. The van der Waals surface area contributed by atoms with Gasteiger partial charge in [0.2, 0.25) is 0 Å². The molecule has 0 aliphatic heterocycles. The smallest absolute Gasteiger partial charge is 0.195 e. The Morgan fingerprint density at radius 3 is 1.10 bits per heavy atom. The lowest BCUT2D eigenvalue weighted by Crippen LogP contribution is -2.46. The molecule has 0 radical (unpaired) electrons. The third kappa shape index (κ3) is 5.62. The van der Waals surface area contributed by atoms with Crippen LogP contribution in [-0.4, -0.2) is 22.9 Å². The van der Waals surface area contributed by atoms with E-state index in [0.29, 0.717) is 0 Å². The first-order valence-corrected chi connectivity index (χ1v) is 13.9. The van der Waals surface area contributed by atoms with E-state index in [0.717, 1.165) is 12.8 Å². The molecule has 4 heteroatoms. The van der Waals surface area contributed by atoms with Crippen molar-refractivity contribution >= 4 is 16.6 Å². The maximum Gasteiger partial charge on any atom is 0.195 e. The average molecular weight is 319 g/mol. The van der Waals surface area contributed by atoms with Gasteiger partial charge in [-0.25, -0.2) is 0 Å². The molecule has 0 aromatic rings. The van der Waals surface area contributed by atoms with E-state index >= 15 is 0 Å². The zero-order chi connectivity index (χ0) is 15.6. The third-order valence-corrected chi connectivity index (χ3v) is 14.4. The molecule has 0 unspecified atom stereocenters. The number of rotatable bonds is 12. The van der Waals surface area contributed by atoms with Gasteiger partial charge in [-0.05, 0) is 42.7 Å². The normalized spacial score (nSPS) is 13.2. The SMILES string of the molecule is CCCC(O[Si](CC)(CC)CC)O[Si](CC)(CC)CC. The molecule has 20 heavy (non-hydrogen) atoms. The van der Waals surface area contributed by atoms with Crippen molar-refractivity contribution in [2.45, 2.75) is 104 Å². The van der Waals surface area contributed by atoms with Crippen LogP contribution in [0.2, 0.25) is 36.3 Å². The van der Waals surface area contributed by atoms with Crippen LogP contribution in [0.25, 0.3) is 0 Å². The van der Waals surface area contributed by atoms with Crippen molar-refractivity contribution in [3.63, 3.8) is 0 Å². The summed E-state index contributed by atoms with van der Waals surface area (Å²) in [5.41, 5.74) is 0. The van der Waals surface area contributed by atoms with E-state index in [2.05, 4.69) is 48.5 Å². The van der Waals surface area contributed by atoms with Gasteiger partial charge < -0.3 is 8.85 Å². The summed E-state index contributed by atoms with van der Waals surface area (Å²) < 4.78 is 13.3. The van der Waals surface area contributed by atoms with E-state index in [1.807, 2.05) is 0 Å². The van der Waals surface area contributed by atoms with E-state index in [9.17, 15) is 0 Å². The van der Waals surface area contributed by atoms with E-state index in [-0.39, 0.29) is 6.29 Å². The average Bonchev–Trinajstić information content (AvgIpc) is 2.50. The summed E-state index contributed by atoms with van der Waals surface area (Å²) in [5.74, 6) is 0. The van der Waals surface area contributed by atoms with Crippen LogP contribution in [-0.2, 0) is 8.85 Å². The highest BCUT2D eigenvalue weighted by atomic mass is 28.4. The minimum Gasteiger partial charge on any atom is -0.393 e. The van der Waals surface area contributed by atoms with Gasteiger partial charge in [-0.15, -0.1) is 0 Å². The van der Waals surface area contributed by atoms with Gasteiger partial charge >= 0.3 is 0 Å². The summed E-state index contributed by atoms with van der Waals surface area (Å²) in [6.07, 6.45) is 2.27. The van der Waals surface area contributed by atoms with Gasteiger partial charge in [-0.3, -0.25) is 0 Å². The molecule has 0 fully saturated rings. The van der Waals surface area contributed by atoms with Crippen LogP contribution in [0.15, 0.2) is 0 Å². The Bertz CT molecular complexity index is 200. The lowest BCUT2D eigenvalue weighted by atomic mass is 10.3. The third-order valence-electron chi connectivity index (χ3n) is 5.15. The lowest BCUT2D eigenvalue weighted by molar-refractivity contribution is -0.0197. The van der Waals surface area contributed by atoms with Crippen molar-refractivity contribution in [2.24, 2.45) is 0 Å². The van der Waals surface area contributed by atoms with Gasteiger partial charge in [0, 0.05) is 0 Å². The predicted molar refractivity (Wildman–Crippen MR) is 95.3 cm³/mol. The molecule has 0 aromatic carbocycles. The second kappa shape index (κ2) is 10.1. The molecular formula is C16H38O2Si2. The maximum absolute atomic E-state index is 6.64. The van der Waals surface area contributed by atoms with E-state index in [1.54, 1.807) is 0 Å². The van der Waals surface area contributed by atoms with Crippen molar-refractivity contribution in [3.05, 3.63) is 0 Å². The number of hydrogen-bond acceptors (Lipinski definition) is 2. The lowest BCUT2D eigenvalue weighted by Gasteiger charge is -2.38. The summed E-state index contributed by atoms with van der Waals surface area (Å²) >= 11 is 0. The van der Waals surface area contributed by atoms with Crippen molar-refractivity contribution in [1.29, 1.82) is 0 Å². The molecule has 122 valence electrons. The van der Waals surface area contributed by atoms with Crippen molar-refractivity contribution in [3.8, 4) is 0 Å². The summed E-state index contributed by atoms with van der Waals surface area (Å²) in [4.78, 5) is 0. The molecule has 0 bridgehead atoms. The quantitative estimate of drug-likeness (QED) is 0.317. The zero-order valence-corrected chi connectivity index (χ0v) is 17.1. The van der Waals surface area contributed by atoms with Gasteiger partial charge in [-0.1, -0.05) is 54.9 Å². The molecule has 0 rings (SSSR count). The molecule has 0 N–H and O–H groups in total. The molecule has 0 saturated carbocycles. The van der Waals surface area contributed by atoms with Crippen molar-refractivity contribution in [2.75, 3.05) is 0 Å².